The quantitative estimate of drug-likeness (QED) is 0.460. The largest absolute Gasteiger partial charge is 0.496 e. The number of benzene rings is 1. The van der Waals surface area contributed by atoms with Gasteiger partial charge in [0.1, 0.15) is 24.1 Å². The van der Waals surface area contributed by atoms with Gasteiger partial charge in [0.25, 0.3) is 0 Å². The Morgan fingerprint density at radius 1 is 1.58 bits per heavy atom. The number of rotatable bonds is 5. The predicted molar refractivity (Wildman–Crippen MR) is 61.6 cm³/mol. The highest BCUT2D eigenvalue weighted by Gasteiger charge is 2.54. The molecule has 0 radical (unpaired) electrons. The molecule has 102 valence electrons. The zero-order valence-electron chi connectivity index (χ0n) is 10.2. The summed E-state index contributed by atoms with van der Waals surface area (Å²) in [6, 6.07) is 3.01. The zero-order valence-corrected chi connectivity index (χ0v) is 10.2. The van der Waals surface area contributed by atoms with Crippen molar-refractivity contribution in [1.29, 1.82) is 0 Å². The summed E-state index contributed by atoms with van der Waals surface area (Å²) in [4.78, 5) is 21.4. The summed E-state index contributed by atoms with van der Waals surface area (Å²) in [7, 11) is 1.42. The van der Waals surface area contributed by atoms with E-state index in [9.17, 15) is 19.3 Å². The highest BCUT2D eigenvalue weighted by Crippen LogP contribution is 2.34. The summed E-state index contributed by atoms with van der Waals surface area (Å²) in [5, 5.41) is 10.4. The van der Waals surface area contributed by atoms with Crippen molar-refractivity contribution in [3.05, 3.63) is 39.7 Å². The van der Waals surface area contributed by atoms with Crippen LogP contribution < -0.4 is 4.74 Å². The van der Waals surface area contributed by atoms with E-state index in [1.807, 2.05) is 0 Å². The van der Waals surface area contributed by atoms with E-state index in [1.165, 1.54) is 25.3 Å². The number of hydrogen-bond acceptors (Lipinski definition) is 5. The molecule has 0 bridgehead atoms. The van der Waals surface area contributed by atoms with Crippen molar-refractivity contribution in [2.24, 2.45) is 5.92 Å². The molecule has 0 saturated heterocycles. The maximum atomic E-state index is 13.1. The van der Waals surface area contributed by atoms with E-state index < -0.39 is 28.7 Å². The normalized spacial score (nSPS) is 20.7. The Kier molecular flexibility index (Phi) is 3.64. The highest BCUT2D eigenvalue weighted by atomic mass is 19.1. The fraction of sp³-hybridized carbons (Fsp3) is 0.417. The molecule has 1 aromatic rings. The molecule has 7 heteroatoms. The smallest absolute Gasteiger partial charge is 0.316 e. The number of carbonyl (C=O) groups is 1. The third kappa shape index (κ3) is 2.98. The minimum atomic E-state index is -0.845. The minimum Gasteiger partial charge on any atom is -0.496 e. The lowest BCUT2D eigenvalue weighted by Gasteiger charge is -2.09. The van der Waals surface area contributed by atoms with Crippen LogP contribution in [-0.4, -0.2) is 24.0 Å². The van der Waals surface area contributed by atoms with Crippen LogP contribution in [0.2, 0.25) is 0 Å². The topological polar surface area (TPSA) is 78.7 Å². The van der Waals surface area contributed by atoms with Gasteiger partial charge in [-0.25, -0.2) is 4.39 Å². The number of halogens is 1. The lowest BCUT2D eigenvalue weighted by Crippen LogP contribution is -2.13. The van der Waals surface area contributed by atoms with Crippen LogP contribution in [-0.2, 0) is 16.1 Å². The predicted octanol–water partition coefficient (Wildman–Crippen LogP) is 1.54. The summed E-state index contributed by atoms with van der Waals surface area (Å²) in [5.74, 6) is -1.39. The number of methoxy groups -OCH3 is 1. The van der Waals surface area contributed by atoms with Gasteiger partial charge in [-0.2, -0.15) is 0 Å². The van der Waals surface area contributed by atoms with Gasteiger partial charge < -0.3 is 9.47 Å². The van der Waals surface area contributed by atoms with E-state index in [4.69, 9.17) is 9.47 Å². The molecule has 0 aliphatic heterocycles. The van der Waals surface area contributed by atoms with Gasteiger partial charge in [0.2, 0.25) is 6.04 Å². The molecule has 2 atom stereocenters. The third-order valence-corrected chi connectivity index (χ3v) is 2.94. The highest BCUT2D eigenvalue weighted by molar-refractivity contribution is 5.76. The summed E-state index contributed by atoms with van der Waals surface area (Å²) < 4.78 is 23.0. The maximum absolute atomic E-state index is 13.1. The van der Waals surface area contributed by atoms with Gasteiger partial charge in [-0.15, -0.1) is 0 Å². The monoisotopic (exact) mass is 269 g/mol. The van der Waals surface area contributed by atoms with Gasteiger partial charge in [0.15, 0.2) is 0 Å². The van der Waals surface area contributed by atoms with Crippen LogP contribution in [0, 0.1) is 21.8 Å². The number of esters is 1. The Hall–Kier alpha value is -2.18. The molecule has 2 rings (SSSR count). The van der Waals surface area contributed by atoms with E-state index in [2.05, 4.69) is 0 Å². The van der Waals surface area contributed by atoms with E-state index >= 15 is 0 Å². The molecule has 0 heterocycles. The SMILES string of the molecule is COc1ccc(F)cc1COC(=O)C1CC1[N+](=O)[O-]. The van der Waals surface area contributed by atoms with Crippen molar-refractivity contribution in [2.45, 2.75) is 19.1 Å². The summed E-state index contributed by atoms with van der Waals surface area (Å²) in [6.45, 7) is -0.166. The van der Waals surface area contributed by atoms with Crippen molar-refractivity contribution in [2.75, 3.05) is 7.11 Å². The van der Waals surface area contributed by atoms with E-state index in [-0.39, 0.29) is 13.0 Å². The third-order valence-electron chi connectivity index (χ3n) is 2.94. The van der Waals surface area contributed by atoms with Gasteiger partial charge in [0, 0.05) is 16.9 Å². The molecule has 0 N–H and O–H groups in total. The molecule has 1 aromatic carbocycles. The van der Waals surface area contributed by atoms with Crippen molar-refractivity contribution in [3.63, 3.8) is 0 Å². The first-order chi connectivity index (χ1) is 9.02. The molecule has 0 amide bonds. The summed E-state index contributed by atoms with van der Waals surface area (Å²) in [5.41, 5.74) is 0.383. The van der Waals surface area contributed by atoms with Gasteiger partial charge in [-0.1, -0.05) is 0 Å². The van der Waals surface area contributed by atoms with Crippen LogP contribution in [0.25, 0.3) is 0 Å². The van der Waals surface area contributed by atoms with Crippen LogP contribution in [0.1, 0.15) is 12.0 Å². The molecule has 0 spiro atoms. The van der Waals surface area contributed by atoms with Crippen LogP contribution in [0.3, 0.4) is 0 Å². The van der Waals surface area contributed by atoms with Crippen molar-refractivity contribution in [3.8, 4) is 5.75 Å². The minimum absolute atomic E-state index is 0.166. The first kappa shape index (κ1) is 13.3. The molecular weight excluding hydrogens is 257 g/mol. The molecule has 1 fully saturated rings. The van der Waals surface area contributed by atoms with Gasteiger partial charge >= 0.3 is 5.97 Å². The second-order valence-electron chi connectivity index (χ2n) is 4.26. The molecule has 6 nitrogen and oxygen atoms in total. The zero-order chi connectivity index (χ0) is 14.0. The second-order valence-corrected chi connectivity index (χ2v) is 4.26. The molecular formula is C12H12FNO5. The first-order valence-corrected chi connectivity index (χ1v) is 5.65. The van der Waals surface area contributed by atoms with Crippen LogP contribution >= 0.6 is 0 Å². The number of hydrogen-bond donors (Lipinski definition) is 0. The molecule has 0 aromatic heterocycles. The molecule has 1 saturated carbocycles. The fourth-order valence-electron chi connectivity index (χ4n) is 1.78. The Balaban J connectivity index is 1.94. The summed E-state index contributed by atoms with van der Waals surface area (Å²) in [6.07, 6.45) is 0.201. The molecule has 2 unspecified atom stereocenters. The molecule has 1 aliphatic carbocycles. The standard InChI is InChI=1S/C12H12FNO5/c1-18-11-3-2-8(13)4-7(11)6-19-12(15)9-5-10(9)14(16)17/h2-4,9-10H,5-6H2,1H3. The lowest BCUT2D eigenvalue weighted by molar-refractivity contribution is -0.497. The van der Waals surface area contributed by atoms with E-state index in [0.29, 0.717) is 11.3 Å². The number of nitro groups is 1. The second kappa shape index (κ2) is 5.21. The van der Waals surface area contributed by atoms with E-state index in [0.717, 1.165) is 0 Å². The van der Waals surface area contributed by atoms with Crippen LogP contribution in [0.15, 0.2) is 18.2 Å². The Labute approximate surface area is 108 Å². The first-order valence-electron chi connectivity index (χ1n) is 5.65. The number of ether oxygens (including phenoxy) is 2. The Morgan fingerprint density at radius 2 is 2.32 bits per heavy atom. The van der Waals surface area contributed by atoms with Gasteiger partial charge in [-0.05, 0) is 18.2 Å². The molecule has 1 aliphatic rings. The number of nitrogens with zero attached hydrogens (tertiary/aromatic N) is 1. The Morgan fingerprint density at radius 3 is 2.89 bits per heavy atom. The fourth-order valence-corrected chi connectivity index (χ4v) is 1.78. The average molecular weight is 269 g/mol. The average Bonchev–Trinajstić information content (AvgIpc) is 3.16. The van der Waals surface area contributed by atoms with Crippen molar-refractivity contribution in [1.82, 2.24) is 0 Å². The summed E-state index contributed by atoms with van der Waals surface area (Å²) >= 11 is 0. The van der Waals surface area contributed by atoms with Gasteiger partial charge in [-0.3, -0.25) is 14.9 Å². The van der Waals surface area contributed by atoms with Crippen LogP contribution in [0.5, 0.6) is 5.75 Å². The maximum Gasteiger partial charge on any atom is 0.316 e. The lowest BCUT2D eigenvalue weighted by atomic mass is 10.2. The van der Waals surface area contributed by atoms with Crippen molar-refractivity contribution < 1.29 is 23.6 Å². The van der Waals surface area contributed by atoms with Crippen molar-refractivity contribution >= 4 is 5.97 Å². The van der Waals surface area contributed by atoms with Gasteiger partial charge in [0.05, 0.1) is 7.11 Å². The molecule has 19 heavy (non-hydrogen) atoms. The number of carbonyl (C=O) groups excluding carboxylic acids is 1. The van der Waals surface area contributed by atoms with E-state index in [1.54, 1.807) is 0 Å². The Bertz CT molecular complexity index is 519. The van der Waals surface area contributed by atoms with Crippen LogP contribution in [0.4, 0.5) is 4.39 Å².